The van der Waals surface area contributed by atoms with Crippen LogP contribution in [0.25, 0.3) is 0 Å². The van der Waals surface area contributed by atoms with E-state index in [1.807, 2.05) is 0 Å². The van der Waals surface area contributed by atoms with E-state index in [0.717, 1.165) is 12.2 Å². The monoisotopic (exact) mass is 260 g/mol. The molecule has 0 aromatic rings. The fraction of sp³-hybridized carbons (Fsp3) is 0.263. The first kappa shape index (κ1) is 11.6. The Kier molecular flexibility index (Phi) is 2.57. The fourth-order valence-corrected chi connectivity index (χ4v) is 3.82. The summed E-state index contributed by atoms with van der Waals surface area (Å²) in [6.07, 6.45) is 24.3. The van der Waals surface area contributed by atoms with Gasteiger partial charge in [0.15, 0.2) is 0 Å². The van der Waals surface area contributed by atoms with Crippen LogP contribution >= 0.6 is 0 Å². The van der Waals surface area contributed by atoms with Crippen molar-refractivity contribution in [1.29, 1.82) is 0 Å². The number of allylic oxidation sites excluding steroid dienone is 11. The second-order valence-corrected chi connectivity index (χ2v) is 5.64. The van der Waals surface area contributed by atoms with E-state index in [2.05, 4.69) is 54.5 Å². The average molecular weight is 260 g/mol. The number of ether oxygens (including phenoxy) is 1. The molecule has 1 nitrogen and oxygen atoms in total. The van der Waals surface area contributed by atoms with Gasteiger partial charge >= 0.3 is 0 Å². The molecule has 0 aromatic carbocycles. The average Bonchev–Trinajstić information content (AvgIpc) is 2.51. The van der Waals surface area contributed by atoms with E-state index in [1.54, 1.807) is 0 Å². The molecule has 0 fully saturated rings. The number of hydrogen-bond donors (Lipinski definition) is 0. The summed E-state index contributed by atoms with van der Waals surface area (Å²) in [5.74, 6) is 5.13. The molecule has 4 aliphatic carbocycles. The molecule has 0 radical (unpaired) electrons. The minimum Gasteiger partial charge on any atom is -0.481 e. The summed E-state index contributed by atoms with van der Waals surface area (Å²) in [5.41, 5.74) is 4.17. The first-order valence-electron chi connectivity index (χ1n) is 7.13. The van der Waals surface area contributed by atoms with Gasteiger partial charge in [-0.25, -0.2) is 0 Å². The van der Waals surface area contributed by atoms with E-state index in [0.29, 0.717) is 24.4 Å². The van der Waals surface area contributed by atoms with Gasteiger partial charge in [0, 0.05) is 11.8 Å². The van der Waals surface area contributed by atoms with Crippen LogP contribution in [0.15, 0.2) is 71.1 Å². The zero-order valence-electron chi connectivity index (χ0n) is 11.3. The zero-order chi connectivity index (χ0) is 13.5. The second-order valence-electron chi connectivity index (χ2n) is 5.64. The van der Waals surface area contributed by atoms with Gasteiger partial charge in [-0.1, -0.05) is 48.5 Å². The van der Waals surface area contributed by atoms with Gasteiger partial charge in [-0.2, -0.15) is 0 Å². The predicted molar refractivity (Wildman–Crippen MR) is 80.5 cm³/mol. The normalized spacial score (nSPS) is 32.2. The molecule has 0 saturated heterocycles. The van der Waals surface area contributed by atoms with Crippen LogP contribution in [0.4, 0.5) is 0 Å². The molecule has 0 bridgehead atoms. The molecule has 1 heteroatoms. The third-order valence-electron chi connectivity index (χ3n) is 4.65. The zero-order valence-corrected chi connectivity index (χ0v) is 11.3. The van der Waals surface area contributed by atoms with Crippen LogP contribution in [0.1, 0.15) is 6.42 Å². The van der Waals surface area contributed by atoms with Gasteiger partial charge in [-0.15, -0.1) is 6.42 Å². The van der Waals surface area contributed by atoms with Crippen molar-refractivity contribution in [2.24, 2.45) is 17.8 Å². The largest absolute Gasteiger partial charge is 0.481 e. The van der Waals surface area contributed by atoms with Crippen molar-refractivity contribution in [2.45, 2.75) is 6.42 Å². The predicted octanol–water partition coefficient (Wildman–Crippen LogP) is 3.70. The summed E-state index contributed by atoms with van der Waals surface area (Å²) in [6, 6.07) is 0. The summed E-state index contributed by atoms with van der Waals surface area (Å²) >= 11 is 0. The lowest BCUT2D eigenvalue weighted by atomic mass is 9.61. The first-order valence-corrected chi connectivity index (χ1v) is 7.13. The Morgan fingerprint density at radius 2 is 2.10 bits per heavy atom. The van der Waals surface area contributed by atoms with Gasteiger partial charge in [0.1, 0.15) is 12.4 Å². The topological polar surface area (TPSA) is 9.23 Å². The maximum Gasteiger partial charge on any atom is 0.148 e. The summed E-state index contributed by atoms with van der Waals surface area (Å²) in [5, 5.41) is 0. The lowest BCUT2D eigenvalue weighted by Gasteiger charge is -2.44. The summed E-state index contributed by atoms with van der Waals surface area (Å²) in [4.78, 5) is 0. The Bertz CT molecular complexity index is 673. The van der Waals surface area contributed by atoms with Gasteiger partial charge in [0.2, 0.25) is 0 Å². The van der Waals surface area contributed by atoms with Crippen LogP contribution in [-0.4, -0.2) is 6.61 Å². The van der Waals surface area contributed by atoms with E-state index in [9.17, 15) is 0 Å². The minimum atomic E-state index is 0.339. The summed E-state index contributed by atoms with van der Waals surface area (Å²) in [6.45, 7) is 0.339. The summed E-state index contributed by atoms with van der Waals surface area (Å²) < 4.78 is 5.74. The lowest BCUT2D eigenvalue weighted by molar-refractivity contribution is 0.241. The summed E-state index contributed by atoms with van der Waals surface area (Å²) in [7, 11) is 0. The highest BCUT2D eigenvalue weighted by Gasteiger charge is 2.42. The van der Waals surface area contributed by atoms with Gasteiger partial charge in [0.25, 0.3) is 0 Å². The highest BCUT2D eigenvalue weighted by Crippen LogP contribution is 2.51. The molecule has 0 aliphatic heterocycles. The Morgan fingerprint density at radius 1 is 1.20 bits per heavy atom. The third kappa shape index (κ3) is 1.58. The second kappa shape index (κ2) is 4.42. The van der Waals surface area contributed by atoms with E-state index >= 15 is 0 Å². The third-order valence-corrected chi connectivity index (χ3v) is 4.65. The Hall–Kier alpha value is -2.20. The minimum absolute atomic E-state index is 0.339. The van der Waals surface area contributed by atoms with Crippen molar-refractivity contribution in [1.82, 2.24) is 0 Å². The molecule has 98 valence electrons. The van der Waals surface area contributed by atoms with E-state index in [1.165, 1.54) is 16.7 Å². The van der Waals surface area contributed by atoms with E-state index in [-0.39, 0.29) is 0 Å². The van der Waals surface area contributed by atoms with Crippen molar-refractivity contribution in [3.8, 4) is 12.3 Å². The standard InChI is InChI=1S/C19H16O/c1-2-12-20-17-11-9-15-7-6-13-4-3-5-14-8-10-16(17)19(15)18(13)14/h1,3-7,9-11,14,18-19H,8,12H2. The van der Waals surface area contributed by atoms with E-state index < -0.39 is 0 Å². The highest BCUT2D eigenvalue weighted by atomic mass is 16.5. The molecule has 3 atom stereocenters. The maximum absolute atomic E-state index is 5.74. The molecule has 0 aromatic heterocycles. The lowest BCUT2D eigenvalue weighted by Crippen LogP contribution is -2.34. The van der Waals surface area contributed by atoms with Crippen LogP contribution in [-0.2, 0) is 4.74 Å². The quantitative estimate of drug-likeness (QED) is 0.688. The molecule has 3 unspecified atom stereocenters. The van der Waals surface area contributed by atoms with Crippen molar-refractivity contribution < 1.29 is 4.74 Å². The van der Waals surface area contributed by atoms with Gasteiger partial charge in [-0.05, 0) is 35.1 Å². The molecule has 0 saturated carbocycles. The van der Waals surface area contributed by atoms with Gasteiger partial charge in [-0.3, -0.25) is 0 Å². The number of terminal acetylenes is 1. The van der Waals surface area contributed by atoms with Crippen molar-refractivity contribution in [3.05, 3.63) is 71.1 Å². The maximum atomic E-state index is 5.74. The van der Waals surface area contributed by atoms with Crippen molar-refractivity contribution >= 4 is 0 Å². The van der Waals surface area contributed by atoms with Crippen LogP contribution in [0.5, 0.6) is 0 Å². The van der Waals surface area contributed by atoms with E-state index in [4.69, 9.17) is 11.2 Å². The number of rotatable bonds is 2. The first-order chi connectivity index (χ1) is 9.88. The molecule has 0 heterocycles. The van der Waals surface area contributed by atoms with Crippen LogP contribution in [0.2, 0.25) is 0 Å². The highest BCUT2D eigenvalue weighted by molar-refractivity contribution is 5.55. The Labute approximate surface area is 119 Å². The Balaban J connectivity index is 1.80. The molecule has 0 N–H and O–H groups in total. The van der Waals surface area contributed by atoms with Crippen LogP contribution < -0.4 is 0 Å². The number of hydrogen-bond acceptors (Lipinski definition) is 1. The van der Waals surface area contributed by atoms with Gasteiger partial charge in [0.05, 0.1) is 0 Å². The van der Waals surface area contributed by atoms with Crippen LogP contribution in [0.3, 0.4) is 0 Å². The molecule has 4 aliphatic rings. The molecular formula is C19H16O. The fourth-order valence-electron chi connectivity index (χ4n) is 3.82. The molecule has 0 spiro atoms. The SMILES string of the molecule is C#CCOC1=CC=C2C=CC3=CC=CC4CC=C1C2C34. The molecule has 0 amide bonds. The molecule has 20 heavy (non-hydrogen) atoms. The van der Waals surface area contributed by atoms with Crippen LogP contribution in [0, 0.1) is 30.1 Å². The smallest absolute Gasteiger partial charge is 0.148 e. The van der Waals surface area contributed by atoms with Gasteiger partial charge < -0.3 is 4.74 Å². The Morgan fingerprint density at radius 3 is 3.00 bits per heavy atom. The van der Waals surface area contributed by atoms with Crippen molar-refractivity contribution in [3.63, 3.8) is 0 Å². The van der Waals surface area contributed by atoms with Crippen molar-refractivity contribution in [2.75, 3.05) is 6.61 Å². The molecular weight excluding hydrogens is 244 g/mol. The molecule has 4 rings (SSSR count).